The Hall–Kier alpha value is -2.33. The minimum atomic E-state index is 0.0809. The standard InChI is InChI=1S/C21H22ClN3O/c1-13(2)25-19-7-5-4-6-18(19)23-21(25)15-10-20(26)24(12-15)16-9-8-14(3)17(22)11-16/h4-9,11,13,15H,10,12H2,1-3H3/t15-/m0/s1. The molecule has 1 atom stereocenters. The molecule has 0 N–H and O–H groups in total. The summed E-state index contributed by atoms with van der Waals surface area (Å²) in [5.74, 6) is 1.20. The lowest BCUT2D eigenvalue weighted by Crippen LogP contribution is -2.24. The van der Waals surface area contributed by atoms with Crippen LogP contribution in [0.4, 0.5) is 5.69 Å². The number of carbonyl (C=O) groups excluding carboxylic acids is 1. The Morgan fingerprint density at radius 2 is 1.96 bits per heavy atom. The zero-order valence-electron chi connectivity index (χ0n) is 15.2. The van der Waals surface area contributed by atoms with Crippen molar-refractivity contribution in [3.05, 3.63) is 58.9 Å². The number of para-hydroxylation sites is 2. The van der Waals surface area contributed by atoms with Crippen LogP contribution in [0.3, 0.4) is 0 Å². The lowest BCUT2D eigenvalue weighted by molar-refractivity contribution is -0.117. The van der Waals surface area contributed by atoms with Gasteiger partial charge in [-0.05, 0) is 50.6 Å². The highest BCUT2D eigenvalue weighted by molar-refractivity contribution is 6.31. The van der Waals surface area contributed by atoms with Gasteiger partial charge in [0.05, 0.1) is 11.0 Å². The second-order valence-corrected chi connectivity index (χ2v) is 7.67. The summed E-state index contributed by atoms with van der Waals surface area (Å²) in [4.78, 5) is 19.4. The number of aryl methyl sites for hydroxylation is 1. The molecule has 0 spiro atoms. The van der Waals surface area contributed by atoms with Crippen LogP contribution in [0.1, 0.15) is 43.6 Å². The smallest absolute Gasteiger partial charge is 0.227 e. The van der Waals surface area contributed by atoms with Crippen LogP contribution in [0, 0.1) is 6.92 Å². The molecule has 26 heavy (non-hydrogen) atoms. The third-order valence-corrected chi connectivity index (χ3v) is 5.50. The van der Waals surface area contributed by atoms with Gasteiger partial charge >= 0.3 is 0 Å². The first-order valence-corrected chi connectivity index (χ1v) is 9.37. The number of amides is 1. The third kappa shape index (κ3) is 2.78. The summed E-state index contributed by atoms with van der Waals surface area (Å²) in [6.07, 6.45) is 0.474. The Bertz CT molecular complexity index is 992. The van der Waals surface area contributed by atoms with E-state index in [0.29, 0.717) is 18.0 Å². The Kier molecular flexibility index (Phi) is 4.23. The number of anilines is 1. The third-order valence-electron chi connectivity index (χ3n) is 5.10. The summed E-state index contributed by atoms with van der Waals surface area (Å²) >= 11 is 6.26. The summed E-state index contributed by atoms with van der Waals surface area (Å²) in [6.45, 7) is 6.91. The van der Waals surface area contributed by atoms with Gasteiger partial charge in [0.15, 0.2) is 0 Å². The molecule has 0 aliphatic carbocycles. The molecule has 2 heterocycles. The van der Waals surface area contributed by atoms with Crippen LogP contribution in [0.5, 0.6) is 0 Å². The second-order valence-electron chi connectivity index (χ2n) is 7.26. The maximum atomic E-state index is 12.7. The van der Waals surface area contributed by atoms with E-state index < -0.39 is 0 Å². The lowest BCUT2D eigenvalue weighted by Gasteiger charge is -2.19. The molecule has 1 saturated heterocycles. The summed E-state index contributed by atoms with van der Waals surface area (Å²) in [7, 11) is 0. The number of aromatic nitrogens is 2. The molecule has 134 valence electrons. The van der Waals surface area contributed by atoms with Gasteiger partial charge in [-0.3, -0.25) is 4.79 Å². The van der Waals surface area contributed by atoms with E-state index in [4.69, 9.17) is 16.6 Å². The average molecular weight is 368 g/mol. The van der Waals surface area contributed by atoms with Crippen molar-refractivity contribution < 1.29 is 4.79 Å². The van der Waals surface area contributed by atoms with Crippen molar-refractivity contribution in [2.45, 2.75) is 39.2 Å². The van der Waals surface area contributed by atoms with Gasteiger partial charge in [0, 0.05) is 35.6 Å². The average Bonchev–Trinajstić information content (AvgIpc) is 3.18. The number of rotatable bonds is 3. The van der Waals surface area contributed by atoms with Gasteiger partial charge in [0.25, 0.3) is 0 Å². The van der Waals surface area contributed by atoms with Crippen LogP contribution in [-0.2, 0) is 4.79 Å². The molecular weight excluding hydrogens is 346 g/mol. The number of imidazole rings is 1. The van der Waals surface area contributed by atoms with Crippen LogP contribution in [0.25, 0.3) is 11.0 Å². The molecule has 0 unspecified atom stereocenters. The minimum absolute atomic E-state index is 0.0809. The van der Waals surface area contributed by atoms with Crippen LogP contribution < -0.4 is 4.90 Å². The summed E-state index contributed by atoms with van der Waals surface area (Å²) in [5.41, 5.74) is 3.99. The summed E-state index contributed by atoms with van der Waals surface area (Å²) in [5, 5.41) is 0.688. The maximum Gasteiger partial charge on any atom is 0.227 e. The molecule has 4 rings (SSSR count). The quantitative estimate of drug-likeness (QED) is 0.646. The summed E-state index contributed by atoms with van der Waals surface area (Å²) in [6, 6.07) is 14.3. The highest BCUT2D eigenvalue weighted by Crippen LogP contribution is 2.35. The number of halogens is 1. The fourth-order valence-electron chi connectivity index (χ4n) is 3.77. The zero-order chi connectivity index (χ0) is 18.4. The van der Waals surface area contributed by atoms with Gasteiger partial charge < -0.3 is 9.47 Å². The number of benzene rings is 2. The Morgan fingerprint density at radius 3 is 2.69 bits per heavy atom. The largest absolute Gasteiger partial charge is 0.325 e. The van der Waals surface area contributed by atoms with E-state index >= 15 is 0 Å². The van der Waals surface area contributed by atoms with Crippen LogP contribution in [-0.4, -0.2) is 22.0 Å². The van der Waals surface area contributed by atoms with Crippen molar-refractivity contribution in [1.29, 1.82) is 0 Å². The van der Waals surface area contributed by atoms with Gasteiger partial charge in [-0.15, -0.1) is 0 Å². The number of fused-ring (bicyclic) bond motifs is 1. The van der Waals surface area contributed by atoms with Crippen molar-refractivity contribution in [2.24, 2.45) is 0 Å². The van der Waals surface area contributed by atoms with E-state index in [9.17, 15) is 4.79 Å². The highest BCUT2D eigenvalue weighted by Gasteiger charge is 2.35. The first kappa shape index (κ1) is 17.1. The summed E-state index contributed by atoms with van der Waals surface area (Å²) < 4.78 is 2.26. The van der Waals surface area contributed by atoms with Crippen molar-refractivity contribution in [1.82, 2.24) is 9.55 Å². The monoisotopic (exact) mass is 367 g/mol. The topological polar surface area (TPSA) is 38.1 Å². The molecule has 1 aliphatic rings. The predicted molar refractivity (Wildman–Crippen MR) is 106 cm³/mol. The number of nitrogens with zero attached hydrogens (tertiary/aromatic N) is 3. The molecule has 1 aromatic heterocycles. The fourth-order valence-corrected chi connectivity index (χ4v) is 3.95. The van der Waals surface area contributed by atoms with E-state index in [2.05, 4.69) is 24.5 Å². The van der Waals surface area contributed by atoms with E-state index in [0.717, 1.165) is 28.1 Å². The molecule has 1 fully saturated rings. The van der Waals surface area contributed by atoms with Gasteiger partial charge in [-0.25, -0.2) is 4.98 Å². The Balaban J connectivity index is 1.72. The second kappa shape index (κ2) is 6.44. The van der Waals surface area contributed by atoms with Crippen LogP contribution >= 0.6 is 11.6 Å². The van der Waals surface area contributed by atoms with Crippen LogP contribution in [0.2, 0.25) is 5.02 Å². The van der Waals surface area contributed by atoms with Crippen molar-refractivity contribution in [2.75, 3.05) is 11.4 Å². The molecule has 4 nitrogen and oxygen atoms in total. The Labute approximate surface area is 158 Å². The first-order chi connectivity index (χ1) is 12.5. The minimum Gasteiger partial charge on any atom is -0.325 e. The Morgan fingerprint density at radius 1 is 1.19 bits per heavy atom. The predicted octanol–water partition coefficient (Wildman–Crippen LogP) is 5.10. The fraction of sp³-hybridized carbons (Fsp3) is 0.333. The van der Waals surface area contributed by atoms with E-state index in [1.54, 1.807) is 0 Å². The maximum absolute atomic E-state index is 12.7. The van der Waals surface area contributed by atoms with E-state index in [-0.39, 0.29) is 17.9 Å². The van der Waals surface area contributed by atoms with Crippen molar-refractivity contribution in [3.63, 3.8) is 0 Å². The van der Waals surface area contributed by atoms with Crippen LogP contribution in [0.15, 0.2) is 42.5 Å². The lowest BCUT2D eigenvalue weighted by atomic mass is 10.1. The molecule has 2 aromatic carbocycles. The van der Waals surface area contributed by atoms with Gasteiger partial charge in [-0.1, -0.05) is 29.8 Å². The highest BCUT2D eigenvalue weighted by atomic mass is 35.5. The van der Waals surface area contributed by atoms with Crippen molar-refractivity contribution >= 4 is 34.2 Å². The molecule has 5 heteroatoms. The first-order valence-electron chi connectivity index (χ1n) is 8.99. The number of hydrogen-bond acceptors (Lipinski definition) is 2. The van der Waals surface area contributed by atoms with Gasteiger partial charge in [0.2, 0.25) is 5.91 Å². The molecule has 0 radical (unpaired) electrons. The molecule has 0 saturated carbocycles. The molecule has 1 aliphatic heterocycles. The van der Waals surface area contributed by atoms with Gasteiger partial charge in [-0.2, -0.15) is 0 Å². The zero-order valence-corrected chi connectivity index (χ0v) is 16.0. The normalized spacial score (nSPS) is 17.7. The van der Waals surface area contributed by atoms with E-state index in [1.165, 1.54) is 0 Å². The van der Waals surface area contributed by atoms with E-state index in [1.807, 2.05) is 48.2 Å². The van der Waals surface area contributed by atoms with Gasteiger partial charge in [0.1, 0.15) is 5.82 Å². The SMILES string of the molecule is Cc1ccc(N2C[C@@H](c3nc4ccccc4n3C(C)C)CC2=O)cc1Cl. The molecule has 3 aromatic rings. The van der Waals surface area contributed by atoms with Crippen molar-refractivity contribution in [3.8, 4) is 0 Å². The molecular formula is C21H22ClN3O. The molecule has 1 amide bonds. The molecule has 0 bridgehead atoms. The number of carbonyl (C=O) groups is 1. The number of hydrogen-bond donors (Lipinski definition) is 0.